The van der Waals surface area contributed by atoms with Crippen LogP contribution in [0.2, 0.25) is 0 Å². The Morgan fingerprint density at radius 1 is 0.706 bits per heavy atom. The van der Waals surface area contributed by atoms with Crippen LogP contribution in [0.15, 0.2) is 24.3 Å². The largest absolute Gasteiger partial charge is 0.508 e. The van der Waals surface area contributed by atoms with Gasteiger partial charge in [0.05, 0.1) is 12.1 Å². The minimum Gasteiger partial charge on any atom is -0.508 e. The highest BCUT2D eigenvalue weighted by Crippen LogP contribution is 2.22. The molecule has 0 aromatic heterocycles. The van der Waals surface area contributed by atoms with Crippen LogP contribution in [-0.4, -0.2) is 47.2 Å². The van der Waals surface area contributed by atoms with Gasteiger partial charge in [0.2, 0.25) is 11.8 Å². The predicted octanol–water partition coefficient (Wildman–Crippen LogP) is 1.78. The third kappa shape index (κ3) is 7.74. The minimum atomic E-state index is -0.675. The van der Waals surface area contributed by atoms with Gasteiger partial charge >= 0.3 is 0 Å². The SMILES string of the molecule is Cc1cc(O)cc(C)c1C[C@@H](N)C(=O)NCCCCNC(=O)[C@@H](N)Cc1c(C)cc(O)cc1C. The highest BCUT2D eigenvalue weighted by Gasteiger charge is 2.18. The van der Waals surface area contributed by atoms with E-state index in [1.165, 1.54) is 0 Å². The van der Waals surface area contributed by atoms with E-state index >= 15 is 0 Å². The van der Waals surface area contributed by atoms with Crippen LogP contribution in [0.4, 0.5) is 0 Å². The Hall–Kier alpha value is -3.10. The third-order valence-electron chi connectivity index (χ3n) is 6.09. The van der Waals surface area contributed by atoms with Gasteiger partial charge in [0.25, 0.3) is 0 Å². The van der Waals surface area contributed by atoms with Gasteiger partial charge in [-0.15, -0.1) is 0 Å². The quantitative estimate of drug-likeness (QED) is 0.276. The number of nitrogens with one attached hydrogen (secondary N) is 2. The summed E-state index contributed by atoms with van der Waals surface area (Å²) in [6, 6.07) is 5.32. The van der Waals surface area contributed by atoms with Gasteiger partial charge in [-0.2, -0.15) is 0 Å². The lowest BCUT2D eigenvalue weighted by molar-refractivity contribution is -0.123. The number of hydrogen-bond donors (Lipinski definition) is 6. The van der Waals surface area contributed by atoms with Gasteiger partial charge in [0, 0.05) is 13.1 Å². The molecular formula is C26H38N4O4. The van der Waals surface area contributed by atoms with Gasteiger partial charge in [0.15, 0.2) is 0 Å². The maximum Gasteiger partial charge on any atom is 0.237 e. The maximum atomic E-state index is 12.3. The van der Waals surface area contributed by atoms with Crippen LogP contribution < -0.4 is 22.1 Å². The second-order valence-electron chi connectivity index (χ2n) is 9.03. The fourth-order valence-corrected chi connectivity index (χ4v) is 4.15. The molecule has 0 unspecified atom stereocenters. The number of carbonyl (C=O) groups excluding carboxylic acids is 2. The van der Waals surface area contributed by atoms with Gasteiger partial charge < -0.3 is 32.3 Å². The smallest absolute Gasteiger partial charge is 0.237 e. The van der Waals surface area contributed by atoms with Crippen LogP contribution in [0.25, 0.3) is 0 Å². The van der Waals surface area contributed by atoms with Crippen LogP contribution in [-0.2, 0) is 22.4 Å². The number of phenolic OH excluding ortho intramolecular Hbond substituents is 2. The summed E-state index contributed by atoms with van der Waals surface area (Å²) >= 11 is 0. The molecule has 0 fully saturated rings. The molecule has 0 aliphatic heterocycles. The van der Waals surface area contributed by atoms with E-state index in [9.17, 15) is 19.8 Å². The molecule has 0 spiro atoms. The van der Waals surface area contributed by atoms with Gasteiger partial charge in [-0.05, 0) is 111 Å². The number of rotatable bonds is 11. The van der Waals surface area contributed by atoms with E-state index in [1.807, 2.05) is 27.7 Å². The first kappa shape index (κ1) is 27.1. The zero-order chi connectivity index (χ0) is 25.4. The summed E-state index contributed by atoms with van der Waals surface area (Å²) in [4.78, 5) is 24.7. The van der Waals surface area contributed by atoms with Crippen molar-refractivity contribution in [2.24, 2.45) is 11.5 Å². The molecular weight excluding hydrogens is 432 g/mol. The number of nitrogens with two attached hydrogens (primary N) is 2. The van der Waals surface area contributed by atoms with Crippen molar-refractivity contribution in [2.45, 2.75) is 65.5 Å². The Balaban J connectivity index is 1.68. The summed E-state index contributed by atoms with van der Waals surface area (Å²) in [6.45, 7) is 8.49. The molecule has 2 aromatic carbocycles. The molecule has 0 aliphatic carbocycles. The van der Waals surface area contributed by atoms with Crippen LogP contribution in [0.5, 0.6) is 11.5 Å². The molecule has 0 saturated heterocycles. The number of phenols is 2. The third-order valence-corrected chi connectivity index (χ3v) is 6.09. The maximum absolute atomic E-state index is 12.3. The Morgan fingerprint density at radius 3 is 1.29 bits per heavy atom. The lowest BCUT2D eigenvalue weighted by Crippen LogP contribution is -2.43. The zero-order valence-electron chi connectivity index (χ0n) is 20.6. The fraction of sp³-hybridized carbons (Fsp3) is 0.462. The lowest BCUT2D eigenvalue weighted by Gasteiger charge is -2.17. The van der Waals surface area contributed by atoms with E-state index in [0.29, 0.717) is 38.8 Å². The average Bonchev–Trinajstić information content (AvgIpc) is 2.74. The van der Waals surface area contributed by atoms with Crippen LogP contribution in [0.3, 0.4) is 0 Å². The van der Waals surface area contributed by atoms with Crippen LogP contribution in [0, 0.1) is 27.7 Å². The summed E-state index contributed by atoms with van der Waals surface area (Å²) < 4.78 is 0. The normalized spacial score (nSPS) is 12.8. The number of carbonyl (C=O) groups is 2. The van der Waals surface area contributed by atoms with Crippen LogP contribution >= 0.6 is 0 Å². The standard InChI is InChI=1S/C26H38N4O4/c1-15-9-19(31)10-16(2)21(15)13-23(27)25(33)29-7-5-6-8-30-26(34)24(28)14-22-17(3)11-20(32)12-18(22)4/h9-12,23-24,31-32H,5-8,13-14,27-28H2,1-4H3,(H,29,33)(H,30,34)/t23-,24+. The monoisotopic (exact) mass is 470 g/mol. The number of hydrogen-bond acceptors (Lipinski definition) is 6. The highest BCUT2D eigenvalue weighted by molar-refractivity contribution is 5.82. The summed E-state index contributed by atoms with van der Waals surface area (Å²) in [5, 5.41) is 25.0. The Morgan fingerprint density at radius 2 is 1.00 bits per heavy atom. The van der Waals surface area contributed by atoms with E-state index < -0.39 is 12.1 Å². The first-order valence-corrected chi connectivity index (χ1v) is 11.6. The number of aromatic hydroxyl groups is 2. The molecule has 8 nitrogen and oxygen atoms in total. The van der Waals surface area contributed by atoms with Crippen molar-refractivity contribution in [3.63, 3.8) is 0 Å². The van der Waals surface area contributed by atoms with E-state index in [4.69, 9.17) is 11.5 Å². The molecule has 2 aromatic rings. The molecule has 0 aliphatic rings. The van der Waals surface area contributed by atoms with Crippen molar-refractivity contribution in [1.82, 2.24) is 10.6 Å². The number of unbranched alkanes of at least 4 members (excludes halogenated alkanes) is 1. The minimum absolute atomic E-state index is 0.204. The highest BCUT2D eigenvalue weighted by atomic mass is 16.3. The van der Waals surface area contributed by atoms with E-state index in [0.717, 1.165) is 33.4 Å². The molecule has 34 heavy (non-hydrogen) atoms. The number of aryl methyl sites for hydroxylation is 4. The molecule has 0 heterocycles. The zero-order valence-corrected chi connectivity index (χ0v) is 20.6. The lowest BCUT2D eigenvalue weighted by atomic mass is 9.96. The van der Waals surface area contributed by atoms with Crippen molar-refractivity contribution < 1.29 is 19.8 Å². The van der Waals surface area contributed by atoms with Gasteiger partial charge in [-0.25, -0.2) is 0 Å². The van der Waals surface area contributed by atoms with Gasteiger partial charge in [-0.3, -0.25) is 9.59 Å². The molecule has 8 N–H and O–H groups in total. The summed E-state index contributed by atoms with van der Waals surface area (Å²) in [7, 11) is 0. The van der Waals surface area contributed by atoms with E-state index in [1.54, 1.807) is 24.3 Å². The van der Waals surface area contributed by atoms with Crippen molar-refractivity contribution in [1.29, 1.82) is 0 Å². The number of amides is 2. The number of benzene rings is 2. The second-order valence-corrected chi connectivity index (χ2v) is 9.03. The first-order valence-electron chi connectivity index (χ1n) is 11.6. The molecule has 2 atom stereocenters. The van der Waals surface area contributed by atoms with Gasteiger partial charge in [0.1, 0.15) is 11.5 Å². The second kappa shape index (κ2) is 12.4. The molecule has 0 bridgehead atoms. The topological polar surface area (TPSA) is 151 Å². The molecule has 0 radical (unpaired) electrons. The van der Waals surface area contributed by atoms with Crippen molar-refractivity contribution in [3.05, 3.63) is 57.6 Å². The molecule has 8 heteroatoms. The fourth-order valence-electron chi connectivity index (χ4n) is 4.15. The molecule has 2 rings (SSSR count). The Labute approximate surface area is 201 Å². The molecule has 186 valence electrons. The first-order chi connectivity index (χ1) is 16.0. The van der Waals surface area contributed by atoms with E-state index in [2.05, 4.69) is 10.6 Å². The summed E-state index contributed by atoms with van der Waals surface area (Å²) in [5.41, 5.74) is 17.7. The van der Waals surface area contributed by atoms with Crippen molar-refractivity contribution in [2.75, 3.05) is 13.1 Å². The summed E-state index contributed by atoms with van der Waals surface area (Å²) in [6.07, 6.45) is 2.19. The molecule has 0 saturated carbocycles. The van der Waals surface area contributed by atoms with Crippen molar-refractivity contribution >= 4 is 11.8 Å². The average molecular weight is 471 g/mol. The van der Waals surface area contributed by atoms with Crippen molar-refractivity contribution in [3.8, 4) is 11.5 Å². The Kier molecular flexibility index (Phi) is 9.89. The molecule has 2 amide bonds. The predicted molar refractivity (Wildman–Crippen MR) is 134 cm³/mol. The van der Waals surface area contributed by atoms with Gasteiger partial charge in [-0.1, -0.05) is 0 Å². The van der Waals surface area contributed by atoms with E-state index in [-0.39, 0.29) is 23.3 Å². The Bertz CT molecular complexity index is 894. The van der Waals surface area contributed by atoms with Crippen LogP contribution in [0.1, 0.15) is 46.2 Å². The summed E-state index contributed by atoms with van der Waals surface area (Å²) in [5.74, 6) is -0.0408.